The molecule has 0 unspecified atom stereocenters. The van der Waals surface area contributed by atoms with Gasteiger partial charge in [0.1, 0.15) is 17.0 Å². The van der Waals surface area contributed by atoms with Crippen LogP contribution in [-0.2, 0) is 10.0 Å². The molecule has 2 aromatic carbocycles. The molecular weight excluding hydrogens is 489 g/mol. The number of nitriles is 1. The highest BCUT2D eigenvalue weighted by atomic mass is 32.2. The third-order valence-electron chi connectivity index (χ3n) is 4.96. The fourth-order valence-corrected chi connectivity index (χ4v) is 4.58. The van der Waals surface area contributed by atoms with Gasteiger partial charge in [0, 0.05) is 22.6 Å². The second kappa shape index (κ2) is 8.61. The lowest BCUT2D eigenvalue weighted by atomic mass is 9.97. The van der Waals surface area contributed by atoms with Gasteiger partial charge in [-0.15, -0.1) is 0 Å². The summed E-state index contributed by atoms with van der Waals surface area (Å²) in [6, 6.07) is 6.70. The number of benzene rings is 2. The van der Waals surface area contributed by atoms with Gasteiger partial charge in [-0.2, -0.15) is 10.4 Å². The lowest BCUT2D eigenvalue weighted by Gasteiger charge is -2.14. The summed E-state index contributed by atoms with van der Waals surface area (Å²) in [7, 11) is -3.53. The zero-order valence-corrected chi connectivity index (χ0v) is 18.4. The Morgan fingerprint density at radius 1 is 1.20 bits per heavy atom. The number of fused-ring (bicyclic) bond motifs is 1. The summed E-state index contributed by atoms with van der Waals surface area (Å²) in [5, 5.41) is 15.5. The Morgan fingerprint density at radius 3 is 2.60 bits per heavy atom. The number of carbonyl (C=O) groups excluding carboxylic acids is 1. The molecule has 0 radical (unpaired) electrons. The van der Waals surface area contributed by atoms with Gasteiger partial charge in [0.05, 0.1) is 30.6 Å². The number of H-pyrrole nitrogens is 1. The molecule has 4 N–H and O–H groups in total. The molecule has 0 bridgehead atoms. The summed E-state index contributed by atoms with van der Waals surface area (Å²) in [4.78, 5) is 14.3. The summed E-state index contributed by atoms with van der Waals surface area (Å²) in [5.41, 5.74) is 2.71. The van der Waals surface area contributed by atoms with E-state index < -0.39 is 61.0 Å². The summed E-state index contributed by atoms with van der Waals surface area (Å²) in [6.07, 6.45) is 0.732. The molecule has 0 aliphatic heterocycles. The van der Waals surface area contributed by atoms with E-state index in [4.69, 9.17) is 10.5 Å². The number of primary amides is 1. The molecule has 0 aliphatic rings. The van der Waals surface area contributed by atoms with Crippen molar-refractivity contribution < 1.29 is 31.1 Å². The molecule has 0 fully saturated rings. The van der Waals surface area contributed by atoms with Crippen LogP contribution in [0.2, 0.25) is 0 Å². The Morgan fingerprint density at radius 2 is 1.94 bits per heavy atom. The zero-order valence-electron chi connectivity index (χ0n) is 17.6. The van der Waals surface area contributed by atoms with Crippen LogP contribution in [0.4, 0.5) is 18.9 Å². The Bertz CT molecular complexity index is 1660. The Kier molecular flexibility index (Phi) is 5.79. The molecular formula is C21H13F3N6O4S. The number of hydrogen-bond donors (Lipinski definition) is 3. The van der Waals surface area contributed by atoms with E-state index in [0.717, 1.165) is 31.5 Å². The normalized spacial score (nSPS) is 11.3. The molecule has 0 spiro atoms. The standard InChI is InChI=1S/C21H13F3N6O4S/c1-34-21-14(6-10(22)8-27-21)35(32,33)30-13-5-2-9(7-25)15(17(13)24)11-3-4-12-18(16(11)23)28-29-19(12)20(26)31/h2-6,8,30H,1H3,(H2,26,31)(H,28,29). The molecule has 1 amide bonds. The SMILES string of the molecule is COc1ncc(F)cc1S(=O)(=O)Nc1ccc(C#N)c(-c2ccc3c(C(N)=O)[nH]nc3c2F)c1F. The molecule has 0 saturated carbocycles. The van der Waals surface area contributed by atoms with Crippen LogP contribution in [0.5, 0.6) is 5.88 Å². The highest BCUT2D eigenvalue weighted by molar-refractivity contribution is 7.92. The molecule has 2 aromatic heterocycles. The number of anilines is 1. The second-order valence-corrected chi connectivity index (χ2v) is 8.66. The fraction of sp³-hybridized carbons (Fsp3) is 0.0476. The Labute approximate surface area is 195 Å². The van der Waals surface area contributed by atoms with Gasteiger partial charge in [-0.05, 0) is 18.2 Å². The first-order chi connectivity index (χ1) is 16.6. The van der Waals surface area contributed by atoms with E-state index in [1.165, 1.54) is 6.07 Å². The van der Waals surface area contributed by atoms with Gasteiger partial charge >= 0.3 is 0 Å². The van der Waals surface area contributed by atoms with E-state index in [9.17, 15) is 22.9 Å². The molecule has 35 heavy (non-hydrogen) atoms. The van der Waals surface area contributed by atoms with Crippen molar-refractivity contribution in [2.75, 3.05) is 11.8 Å². The summed E-state index contributed by atoms with van der Waals surface area (Å²) < 4.78 is 76.9. The number of carbonyl (C=O) groups is 1. The third kappa shape index (κ3) is 3.97. The predicted molar refractivity (Wildman–Crippen MR) is 116 cm³/mol. The highest BCUT2D eigenvalue weighted by Gasteiger charge is 2.27. The minimum Gasteiger partial charge on any atom is -0.480 e. The number of aromatic amines is 1. The van der Waals surface area contributed by atoms with E-state index in [-0.39, 0.29) is 22.2 Å². The number of nitrogens with one attached hydrogen (secondary N) is 2. The molecule has 0 atom stereocenters. The molecule has 2 heterocycles. The van der Waals surface area contributed by atoms with Crippen LogP contribution < -0.4 is 15.2 Å². The number of nitrogens with two attached hydrogens (primary N) is 1. The number of hydrogen-bond acceptors (Lipinski definition) is 7. The van der Waals surface area contributed by atoms with Gasteiger partial charge < -0.3 is 10.5 Å². The topological polar surface area (TPSA) is 164 Å². The first-order valence-corrected chi connectivity index (χ1v) is 11.0. The second-order valence-electron chi connectivity index (χ2n) is 7.01. The maximum Gasteiger partial charge on any atom is 0.267 e. The van der Waals surface area contributed by atoms with Crippen LogP contribution in [0, 0.1) is 28.8 Å². The average Bonchev–Trinajstić information content (AvgIpc) is 3.26. The van der Waals surface area contributed by atoms with Gasteiger partial charge in [-0.25, -0.2) is 26.6 Å². The maximum absolute atomic E-state index is 15.6. The number of pyridine rings is 1. The molecule has 0 aliphatic carbocycles. The van der Waals surface area contributed by atoms with E-state index in [1.807, 2.05) is 4.72 Å². The van der Waals surface area contributed by atoms with Crippen LogP contribution >= 0.6 is 0 Å². The molecule has 4 aromatic rings. The molecule has 178 valence electrons. The van der Waals surface area contributed by atoms with E-state index in [0.29, 0.717) is 6.07 Å². The zero-order chi connectivity index (χ0) is 25.5. The number of sulfonamides is 1. The van der Waals surface area contributed by atoms with E-state index in [1.54, 1.807) is 6.07 Å². The Balaban J connectivity index is 1.87. The van der Waals surface area contributed by atoms with Gasteiger partial charge in [0.25, 0.3) is 15.9 Å². The molecule has 0 saturated heterocycles. The van der Waals surface area contributed by atoms with Crippen LogP contribution in [0.25, 0.3) is 22.0 Å². The smallest absolute Gasteiger partial charge is 0.267 e. The monoisotopic (exact) mass is 502 g/mol. The van der Waals surface area contributed by atoms with Crippen LogP contribution in [0.1, 0.15) is 16.1 Å². The lowest BCUT2D eigenvalue weighted by Crippen LogP contribution is -2.16. The van der Waals surface area contributed by atoms with Crippen LogP contribution in [0.15, 0.2) is 41.4 Å². The van der Waals surface area contributed by atoms with Crippen molar-refractivity contribution in [2.24, 2.45) is 5.73 Å². The minimum absolute atomic E-state index is 0.0280. The van der Waals surface area contributed by atoms with Crippen molar-refractivity contribution in [1.29, 1.82) is 5.26 Å². The van der Waals surface area contributed by atoms with Gasteiger partial charge in [-0.1, -0.05) is 6.07 Å². The largest absolute Gasteiger partial charge is 0.480 e. The number of ether oxygens (including phenoxy) is 1. The van der Waals surface area contributed by atoms with Crippen LogP contribution in [-0.4, -0.2) is 36.6 Å². The lowest BCUT2D eigenvalue weighted by molar-refractivity contribution is 0.0997. The summed E-state index contributed by atoms with van der Waals surface area (Å²) in [6.45, 7) is 0. The number of nitrogens with zero attached hydrogens (tertiary/aromatic N) is 3. The highest BCUT2D eigenvalue weighted by Crippen LogP contribution is 2.36. The van der Waals surface area contributed by atoms with E-state index in [2.05, 4.69) is 15.2 Å². The molecule has 14 heteroatoms. The van der Waals surface area contributed by atoms with Gasteiger partial charge in [-0.3, -0.25) is 14.6 Å². The number of methoxy groups -OCH3 is 1. The number of halogens is 3. The van der Waals surface area contributed by atoms with Gasteiger partial charge in [0.2, 0.25) is 5.88 Å². The quantitative estimate of drug-likeness (QED) is 0.365. The summed E-state index contributed by atoms with van der Waals surface area (Å²) >= 11 is 0. The predicted octanol–water partition coefficient (Wildman–Crippen LogP) is 2.82. The van der Waals surface area contributed by atoms with E-state index >= 15 is 8.78 Å². The number of rotatable bonds is 6. The average molecular weight is 502 g/mol. The summed E-state index contributed by atoms with van der Waals surface area (Å²) in [5.74, 6) is -4.72. The van der Waals surface area contributed by atoms with Crippen LogP contribution in [0.3, 0.4) is 0 Å². The number of amides is 1. The van der Waals surface area contributed by atoms with Gasteiger partial charge in [0.15, 0.2) is 16.5 Å². The third-order valence-corrected chi connectivity index (χ3v) is 6.32. The number of aromatic nitrogens is 3. The maximum atomic E-state index is 15.6. The van der Waals surface area contributed by atoms with Crippen molar-refractivity contribution >= 4 is 32.5 Å². The Hall–Kier alpha value is -4.64. The first kappa shape index (κ1) is 23.5. The molecule has 4 rings (SSSR count). The van der Waals surface area contributed by atoms with Crippen molar-refractivity contribution in [3.63, 3.8) is 0 Å². The fourth-order valence-electron chi connectivity index (χ4n) is 3.39. The van der Waals surface area contributed by atoms with Crippen molar-refractivity contribution in [3.8, 4) is 23.1 Å². The van der Waals surface area contributed by atoms with Crippen molar-refractivity contribution in [3.05, 3.63) is 65.2 Å². The molecule has 10 nitrogen and oxygen atoms in total. The van der Waals surface area contributed by atoms with Crippen molar-refractivity contribution in [1.82, 2.24) is 15.2 Å². The minimum atomic E-state index is -4.63. The van der Waals surface area contributed by atoms with Crippen molar-refractivity contribution in [2.45, 2.75) is 4.90 Å². The first-order valence-electron chi connectivity index (χ1n) is 9.50.